The van der Waals surface area contributed by atoms with Crippen molar-refractivity contribution in [3.05, 3.63) is 77.4 Å². The molecule has 0 aliphatic carbocycles. The van der Waals surface area contributed by atoms with Gasteiger partial charge in [-0.2, -0.15) is 11.8 Å². The molecule has 0 spiro atoms. The van der Waals surface area contributed by atoms with E-state index in [0.29, 0.717) is 12.2 Å². The summed E-state index contributed by atoms with van der Waals surface area (Å²) in [5, 5.41) is 0. The molecule has 2 aromatic carbocycles. The van der Waals surface area contributed by atoms with Crippen LogP contribution in [0.15, 0.2) is 60.7 Å². The smallest absolute Gasteiger partial charge is 0.328 e. The first kappa shape index (κ1) is 22.8. The van der Waals surface area contributed by atoms with Crippen LogP contribution in [0.25, 0.3) is 6.08 Å². The second kappa shape index (κ2) is 9.62. The highest BCUT2D eigenvalue weighted by molar-refractivity contribution is 7.98. The molecule has 1 fully saturated rings. The predicted octanol–water partition coefficient (Wildman–Crippen LogP) is 2.87. The van der Waals surface area contributed by atoms with Gasteiger partial charge in [-0.25, -0.2) is 4.79 Å². The maximum Gasteiger partial charge on any atom is 0.328 e. The number of fused-ring (bicyclic) bond motifs is 1. The van der Waals surface area contributed by atoms with Gasteiger partial charge in [0.1, 0.15) is 12.1 Å². The Bertz CT molecular complexity index is 1080. The van der Waals surface area contributed by atoms with Crippen LogP contribution in [0.3, 0.4) is 0 Å². The summed E-state index contributed by atoms with van der Waals surface area (Å²) in [4.78, 5) is 54.5. The molecule has 2 aromatic rings. The fourth-order valence-electron chi connectivity index (χ4n) is 4.31. The molecule has 3 atom stereocenters. The summed E-state index contributed by atoms with van der Waals surface area (Å²) in [6.45, 7) is 0. The Hall–Kier alpha value is -3.39. The highest BCUT2D eigenvalue weighted by atomic mass is 32.2. The number of amides is 3. The summed E-state index contributed by atoms with van der Waals surface area (Å²) < 4.78 is 4.97. The van der Waals surface area contributed by atoms with Crippen molar-refractivity contribution in [2.24, 2.45) is 0 Å². The quantitative estimate of drug-likeness (QED) is 0.339. The number of nitrogens with zero attached hydrogens (tertiary/aromatic N) is 2. The van der Waals surface area contributed by atoms with E-state index in [1.165, 1.54) is 12.0 Å². The Morgan fingerprint density at radius 1 is 1.03 bits per heavy atom. The van der Waals surface area contributed by atoms with Crippen LogP contribution in [0.4, 0.5) is 0 Å². The van der Waals surface area contributed by atoms with Crippen molar-refractivity contribution in [2.75, 3.05) is 19.1 Å². The van der Waals surface area contributed by atoms with Gasteiger partial charge in [0.05, 0.1) is 24.3 Å². The van der Waals surface area contributed by atoms with Crippen LogP contribution in [0.5, 0.6) is 0 Å². The first-order valence-electron chi connectivity index (χ1n) is 10.6. The number of hydrogen-bond acceptors (Lipinski definition) is 6. The number of imide groups is 1. The van der Waals surface area contributed by atoms with E-state index in [9.17, 15) is 19.2 Å². The van der Waals surface area contributed by atoms with Crippen LogP contribution in [0.2, 0.25) is 0 Å². The number of ether oxygens (including phenoxy) is 1. The largest absolute Gasteiger partial charge is 0.467 e. The van der Waals surface area contributed by atoms with Crippen molar-refractivity contribution in [1.82, 2.24) is 9.80 Å². The molecule has 2 heterocycles. The van der Waals surface area contributed by atoms with Crippen LogP contribution in [-0.4, -0.2) is 70.7 Å². The number of rotatable bonds is 8. The number of thioether (sulfide) groups is 1. The molecular weight excluding hydrogens is 440 g/mol. The Morgan fingerprint density at radius 2 is 1.64 bits per heavy atom. The number of esters is 1. The lowest BCUT2D eigenvalue weighted by Gasteiger charge is -2.51. The monoisotopic (exact) mass is 464 g/mol. The minimum Gasteiger partial charge on any atom is -0.467 e. The van der Waals surface area contributed by atoms with Crippen molar-refractivity contribution >= 4 is 41.5 Å². The zero-order chi connectivity index (χ0) is 23.5. The van der Waals surface area contributed by atoms with Gasteiger partial charge >= 0.3 is 5.97 Å². The van der Waals surface area contributed by atoms with Gasteiger partial charge < -0.3 is 9.64 Å². The van der Waals surface area contributed by atoms with Crippen molar-refractivity contribution in [1.29, 1.82) is 0 Å². The number of methoxy groups -OCH3 is 1. The topological polar surface area (TPSA) is 84.0 Å². The van der Waals surface area contributed by atoms with E-state index >= 15 is 0 Å². The Morgan fingerprint density at radius 3 is 2.21 bits per heavy atom. The number of carbonyl (C=O) groups excluding carboxylic acids is 4. The summed E-state index contributed by atoms with van der Waals surface area (Å²) in [6, 6.07) is 13.6. The third-order valence-corrected chi connectivity index (χ3v) is 6.59. The van der Waals surface area contributed by atoms with E-state index in [-0.39, 0.29) is 11.1 Å². The van der Waals surface area contributed by atoms with Gasteiger partial charge in [0.15, 0.2) is 0 Å². The minimum atomic E-state index is -1.02. The lowest BCUT2D eigenvalue weighted by molar-refractivity contribution is -0.167. The van der Waals surface area contributed by atoms with Crippen LogP contribution in [0.1, 0.15) is 32.7 Å². The molecule has 0 aromatic heterocycles. The number of β-lactam (4-membered cyclic amide) rings is 1. The summed E-state index contributed by atoms with van der Waals surface area (Å²) in [5.41, 5.74) is 1.47. The van der Waals surface area contributed by atoms with Crippen molar-refractivity contribution < 1.29 is 23.9 Å². The van der Waals surface area contributed by atoms with Crippen molar-refractivity contribution in [3.8, 4) is 0 Å². The molecule has 2 aliphatic heterocycles. The van der Waals surface area contributed by atoms with E-state index in [1.54, 1.807) is 42.1 Å². The number of carbonyl (C=O) groups is 4. The van der Waals surface area contributed by atoms with Gasteiger partial charge in [-0.15, -0.1) is 0 Å². The Balaban J connectivity index is 1.70. The van der Waals surface area contributed by atoms with Gasteiger partial charge in [-0.3, -0.25) is 19.3 Å². The maximum absolute atomic E-state index is 13.4. The second-order valence-electron chi connectivity index (χ2n) is 7.80. The summed E-state index contributed by atoms with van der Waals surface area (Å²) in [7, 11) is 1.29. The molecule has 0 radical (unpaired) electrons. The Labute approximate surface area is 196 Å². The third-order valence-electron chi connectivity index (χ3n) is 5.95. The molecule has 0 N–H and O–H groups in total. The molecule has 8 heteroatoms. The molecular formula is C25H24N2O5S. The number of benzene rings is 2. The average Bonchev–Trinajstić information content (AvgIpc) is 3.09. The van der Waals surface area contributed by atoms with Gasteiger partial charge in [-0.1, -0.05) is 54.6 Å². The standard InChI is InChI=1S/C25H24N2O5S/c1-32-25(31)20(14-15-33-2)26-19(13-12-16-8-4-3-5-9-16)21(24(26)30)27-22(28)17-10-6-7-11-18(17)23(27)29/h3-13,19-21H,14-15H2,1-2H3/t19-,20+,21+/m1/s1. The molecule has 0 bridgehead atoms. The predicted molar refractivity (Wildman–Crippen MR) is 126 cm³/mol. The maximum atomic E-state index is 13.4. The van der Waals surface area contributed by atoms with Gasteiger partial charge in [-0.05, 0) is 36.1 Å². The van der Waals surface area contributed by atoms with E-state index in [0.717, 1.165) is 10.5 Å². The molecule has 0 unspecified atom stereocenters. The number of likely N-dealkylation sites (tertiary alicyclic amines) is 1. The zero-order valence-corrected chi connectivity index (χ0v) is 19.2. The second-order valence-corrected chi connectivity index (χ2v) is 8.78. The summed E-state index contributed by atoms with van der Waals surface area (Å²) in [6.07, 6.45) is 5.93. The lowest BCUT2D eigenvalue weighted by atomic mass is 9.89. The Kier molecular flexibility index (Phi) is 6.65. The van der Waals surface area contributed by atoms with Crippen LogP contribution >= 0.6 is 11.8 Å². The van der Waals surface area contributed by atoms with Gasteiger partial charge in [0.2, 0.25) is 5.91 Å². The molecule has 7 nitrogen and oxygen atoms in total. The fourth-order valence-corrected chi connectivity index (χ4v) is 4.77. The van der Waals surface area contributed by atoms with E-state index in [2.05, 4.69) is 0 Å². The van der Waals surface area contributed by atoms with Crippen LogP contribution < -0.4 is 0 Å². The molecule has 3 amide bonds. The normalized spacial score (nSPS) is 20.7. The summed E-state index contributed by atoms with van der Waals surface area (Å²) in [5.74, 6) is -1.30. The van der Waals surface area contributed by atoms with E-state index < -0.39 is 41.8 Å². The van der Waals surface area contributed by atoms with Gasteiger partial charge in [0, 0.05) is 0 Å². The highest BCUT2D eigenvalue weighted by Gasteiger charge is 2.58. The molecule has 33 heavy (non-hydrogen) atoms. The lowest BCUT2D eigenvalue weighted by Crippen LogP contribution is -2.74. The molecule has 1 saturated heterocycles. The molecule has 170 valence electrons. The zero-order valence-electron chi connectivity index (χ0n) is 18.3. The van der Waals surface area contributed by atoms with Crippen LogP contribution in [-0.2, 0) is 14.3 Å². The summed E-state index contributed by atoms with van der Waals surface area (Å²) >= 11 is 1.56. The average molecular weight is 465 g/mol. The minimum absolute atomic E-state index is 0.284. The van der Waals surface area contributed by atoms with Gasteiger partial charge in [0.25, 0.3) is 11.8 Å². The van der Waals surface area contributed by atoms with Crippen molar-refractivity contribution in [2.45, 2.75) is 24.5 Å². The van der Waals surface area contributed by atoms with Crippen LogP contribution in [0, 0.1) is 0 Å². The van der Waals surface area contributed by atoms with Crippen molar-refractivity contribution in [3.63, 3.8) is 0 Å². The molecule has 4 rings (SSSR count). The fraction of sp³-hybridized carbons (Fsp3) is 0.280. The molecule has 0 saturated carbocycles. The molecule has 2 aliphatic rings. The SMILES string of the molecule is COC(=O)[C@H](CCSC)N1C(=O)[C@@H](N2C(=O)c3ccccc3C2=O)[C@H]1C=Cc1ccccc1. The third kappa shape index (κ3) is 4.06. The first-order valence-corrected chi connectivity index (χ1v) is 12.0. The first-order chi connectivity index (χ1) is 16.0. The van der Waals surface area contributed by atoms with E-state index in [4.69, 9.17) is 4.74 Å². The van der Waals surface area contributed by atoms with E-state index in [1.807, 2.05) is 42.7 Å². The highest BCUT2D eigenvalue weighted by Crippen LogP contribution is 2.36. The number of hydrogen-bond donors (Lipinski definition) is 0.